The lowest BCUT2D eigenvalue weighted by molar-refractivity contribution is 0.347. The quantitative estimate of drug-likeness (QED) is 0.912. The summed E-state index contributed by atoms with van der Waals surface area (Å²) in [5, 5.41) is 11.4. The molecule has 5 heteroatoms. The van der Waals surface area contributed by atoms with Crippen LogP contribution in [0.2, 0.25) is 0 Å². The summed E-state index contributed by atoms with van der Waals surface area (Å²) in [6.45, 7) is 11.5. The molecule has 0 aliphatic rings. The lowest BCUT2D eigenvalue weighted by atomic mass is 10.1. The molecule has 0 fully saturated rings. The summed E-state index contributed by atoms with van der Waals surface area (Å²) in [4.78, 5) is 0. The monoisotopic (exact) mass is 272 g/mol. The summed E-state index contributed by atoms with van der Waals surface area (Å²) < 4.78 is 2.80. The third-order valence-corrected chi connectivity index (χ3v) is 2.13. The van der Waals surface area contributed by atoms with Gasteiger partial charge in [-0.3, -0.25) is 0 Å². The third-order valence-electron chi connectivity index (χ3n) is 1.85. The van der Waals surface area contributed by atoms with E-state index in [-0.39, 0.29) is 5.54 Å². The lowest BCUT2D eigenvalue weighted by Gasteiger charge is -2.17. The smallest absolute Gasteiger partial charge is 0.0965 e. The maximum atomic E-state index is 4.08. The first-order valence-corrected chi connectivity index (χ1v) is 5.64. The highest BCUT2D eigenvalue weighted by atomic mass is 79.9. The number of nitrogens with zero attached hydrogens (tertiary/aromatic N) is 3. The van der Waals surface area contributed by atoms with Crippen molar-refractivity contribution in [1.82, 2.24) is 20.3 Å². The Bertz CT molecular complexity index is 337. The van der Waals surface area contributed by atoms with Gasteiger partial charge < -0.3 is 5.32 Å². The maximum Gasteiger partial charge on any atom is 0.0965 e. The molecule has 0 aliphatic heterocycles. The van der Waals surface area contributed by atoms with Gasteiger partial charge in [0.2, 0.25) is 0 Å². The van der Waals surface area contributed by atoms with Crippen molar-refractivity contribution in [2.45, 2.75) is 32.9 Å². The number of nitrogens with one attached hydrogen (secondary N) is 1. The highest BCUT2D eigenvalue weighted by Gasteiger charge is 2.14. The topological polar surface area (TPSA) is 42.7 Å². The zero-order valence-electron chi connectivity index (χ0n) is 9.42. The van der Waals surface area contributed by atoms with Crippen LogP contribution in [0.25, 0.3) is 0 Å². The minimum atomic E-state index is -0.00965. The first kappa shape index (κ1) is 12.4. The van der Waals surface area contributed by atoms with Crippen LogP contribution in [0.3, 0.4) is 0 Å². The molecule has 0 saturated heterocycles. The molecule has 0 atom stereocenters. The van der Waals surface area contributed by atoms with Gasteiger partial charge in [0.1, 0.15) is 0 Å². The fourth-order valence-electron chi connectivity index (χ4n) is 1.03. The van der Waals surface area contributed by atoms with E-state index < -0.39 is 0 Å². The van der Waals surface area contributed by atoms with Crippen LogP contribution < -0.4 is 5.32 Å². The molecule has 4 nitrogen and oxygen atoms in total. The van der Waals surface area contributed by atoms with Crippen LogP contribution in [0.15, 0.2) is 17.3 Å². The molecule has 1 aromatic heterocycles. The molecule has 0 unspecified atom stereocenters. The van der Waals surface area contributed by atoms with Gasteiger partial charge in [-0.05, 0) is 20.8 Å². The van der Waals surface area contributed by atoms with Crippen molar-refractivity contribution in [1.29, 1.82) is 0 Å². The molecular formula is C10H17BrN4. The Kier molecular flexibility index (Phi) is 4.04. The summed E-state index contributed by atoms with van der Waals surface area (Å²) >= 11 is 3.29. The molecule has 15 heavy (non-hydrogen) atoms. The van der Waals surface area contributed by atoms with Crippen LogP contribution in [-0.4, -0.2) is 21.5 Å². The second kappa shape index (κ2) is 4.90. The number of halogens is 1. The van der Waals surface area contributed by atoms with Crippen molar-refractivity contribution in [3.63, 3.8) is 0 Å². The molecule has 1 N–H and O–H groups in total. The van der Waals surface area contributed by atoms with E-state index in [1.54, 1.807) is 0 Å². The van der Waals surface area contributed by atoms with E-state index in [1.807, 2.05) is 10.9 Å². The van der Waals surface area contributed by atoms with E-state index in [1.165, 1.54) is 0 Å². The third kappa shape index (κ3) is 4.13. The maximum absolute atomic E-state index is 4.08. The van der Waals surface area contributed by atoms with Gasteiger partial charge in [0.25, 0.3) is 0 Å². The van der Waals surface area contributed by atoms with Crippen LogP contribution in [-0.2, 0) is 12.1 Å². The molecule has 84 valence electrons. The number of hydrogen-bond donors (Lipinski definition) is 1. The molecule has 1 aromatic rings. The predicted octanol–water partition coefficient (Wildman–Crippen LogP) is 2.03. The Morgan fingerprint density at radius 2 is 2.27 bits per heavy atom. The Morgan fingerprint density at radius 3 is 2.73 bits per heavy atom. The summed E-state index contributed by atoms with van der Waals surface area (Å²) in [5.74, 6) is 0. The first-order chi connectivity index (χ1) is 6.89. The van der Waals surface area contributed by atoms with Crippen LogP contribution >= 0.6 is 15.9 Å². The van der Waals surface area contributed by atoms with Crippen molar-refractivity contribution >= 4 is 15.9 Å². The van der Waals surface area contributed by atoms with Crippen LogP contribution in [0.5, 0.6) is 0 Å². The Balaban J connectivity index is 2.50. The van der Waals surface area contributed by atoms with E-state index in [2.05, 4.69) is 58.9 Å². The standard InChI is InChI=1S/C10H17BrN4/c1-8(11)5-12-6-9-7-15(14-13-9)10(2,3)4/h7,12H,1,5-6H2,2-4H3. The van der Waals surface area contributed by atoms with Gasteiger partial charge in [-0.1, -0.05) is 27.7 Å². The SMILES string of the molecule is C=C(Br)CNCc1cn(C(C)(C)C)nn1. The molecule has 0 saturated carbocycles. The van der Waals surface area contributed by atoms with E-state index in [9.17, 15) is 0 Å². The number of rotatable bonds is 4. The zero-order valence-corrected chi connectivity index (χ0v) is 11.0. The molecule has 0 aliphatic carbocycles. The average molecular weight is 273 g/mol. The van der Waals surface area contributed by atoms with Gasteiger partial charge >= 0.3 is 0 Å². The average Bonchev–Trinajstić information content (AvgIpc) is 2.51. The fraction of sp³-hybridized carbons (Fsp3) is 0.600. The van der Waals surface area contributed by atoms with Gasteiger partial charge in [0, 0.05) is 17.6 Å². The number of aromatic nitrogens is 3. The zero-order chi connectivity index (χ0) is 11.5. The first-order valence-electron chi connectivity index (χ1n) is 4.85. The minimum absolute atomic E-state index is 0.00965. The largest absolute Gasteiger partial charge is 0.306 e. The summed E-state index contributed by atoms with van der Waals surface area (Å²) in [6.07, 6.45) is 1.96. The highest BCUT2D eigenvalue weighted by Crippen LogP contribution is 2.11. The second-order valence-corrected chi connectivity index (χ2v) is 5.57. The molecule has 0 amide bonds. The molecule has 0 aromatic carbocycles. The van der Waals surface area contributed by atoms with Gasteiger partial charge in [-0.25, -0.2) is 4.68 Å². The lowest BCUT2D eigenvalue weighted by Crippen LogP contribution is -2.22. The molecule has 0 radical (unpaired) electrons. The normalized spacial score (nSPS) is 11.7. The number of hydrogen-bond acceptors (Lipinski definition) is 3. The van der Waals surface area contributed by atoms with Gasteiger partial charge in [-0.15, -0.1) is 5.10 Å². The van der Waals surface area contributed by atoms with E-state index in [0.29, 0.717) is 6.54 Å². The molecule has 1 rings (SSSR count). The molecule has 0 spiro atoms. The van der Waals surface area contributed by atoms with Crippen molar-refractivity contribution in [3.05, 3.63) is 23.0 Å². The summed E-state index contributed by atoms with van der Waals surface area (Å²) in [5.41, 5.74) is 0.934. The Labute approximate surface area is 98.9 Å². The van der Waals surface area contributed by atoms with Crippen molar-refractivity contribution in [2.24, 2.45) is 0 Å². The summed E-state index contributed by atoms with van der Waals surface area (Å²) in [6, 6.07) is 0. The Morgan fingerprint density at radius 1 is 1.60 bits per heavy atom. The van der Waals surface area contributed by atoms with Gasteiger partial charge in [-0.2, -0.15) is 0 Å². The van der Waals surface area contributed by atoms with E-state index in [0.717, 1.165) is 16.7 Å². The minimum Gasteiger partial charge on any atom is -0.306 e. The van der Waals surface area contributed by atoms with E-state index >= 15 is 0 Å². The van der Waals surface area contributed by atoms with Crippen molar-refractivity contribution in [3.8, 4) is 0 Å². The fourth-order valence-corrected chi connectivity index (χ4v) is 1.23. The second-order valence-electron chi connectivity index (χ2n) is 4.45. The van der Waals surface area contributed by atoms with Crippen molar-refractivity contribution < 1.29 is 0 Å². The van der Waals surface area contributed by atoms with Crippen LogP contribution in [0.4, 0.5) is 0 Å². The van der Waals surface area contributed by atoms with Crippen LogP contribution in [0.1, 0.15) is 26.5 Å². The van der Waals surface area contributed by atoms with Crippen LogP contribution in [0, 0.1) is 0 Å². The Hall–Kier alpha value is -0.680. The van der Waals surface area contributed by atoms with Gasteiger partial charge in [0.05, 0.1) is 17.4 Å². The van der Waals surface area contributed by atoms with Gasteiger partial charge in [0.15, 0.2) is 0 Å². The molecule has 1 heterocycles. The molecular weight excluding hydrogens is 256 g/mol. The van der Waals surface area contributed by atoms with Crippen molar-refractivity contribution in [2.75, 3.05) is 6.54 Å². The highest BCUT2D eigenvalue weighted by molar-refractivity contribution is 9.11. The predicted molar refractivity (Wildman–Crippen MR) is 64.8 cm³/mol. The molecule has 0 bridgehead atoms. The van der Waals surface area contributed by atoms with E-state index in [4.69, 9.17) is 0 Å². The summed E-state index contributed by atoms with van der Waals surface area (Å²) in [7, 11) is 0.